The lowest BCUT2D eigenvalue weighted by atomic mass is 9.80. The third kappa shape index (κ3) is 4.37. The van der Waals surface area contributed by atoms with Crippen LogP contribution in [0.2, 0.25) is 0 Å². The molecule has 1 fully saturated rings. The number of carbonyl (C=O) groups is 2. The van der Waals surface area contributed by atoms with Crippen LogP contribution in [0.15, 0.2) is 0 Å². The summed E-state index contributed by atoms with van der Waals surface area (Å²) in [6.07, 6.45) is 1.73. The Bertz CT molecular complexity index is 363. The molecule has 0 aromatic carbocycles. The molecule has 2 N–H and O–H groups in total. The zero-order chi connectivity index (χ0) is 15.4. The van der Waals surface area contributed by atoms with Crippen LogP contribution in [0, 0.1) is 0 Å². The van der Waals surface area contributed by atoms with E-state index in [1.165, 1.54) is 0 Å². The second-order valence-corrected chi connectivity index (χ2v) is 6.09. The molecule has 1 rings (SSSR count). The third-order valence-electron chi connectivity index (χ3n) is 3.20. The number of hydrogen-bond donors (Lipinski definition) is 2. The van der Waals surface area contributed by atoms with Gasteiger partial charge in [0.1, 0.15) is 5.60 Å². The predicted octanol–water partition coefficient (Wildman–Crippen LogP) is 1.75. The lowest BCUT2D eigenvalue weighted by Crippen LogP contribution is -2.60. The molecule has 116 valence electrons. The SMILES string of the molecule is CCOC(=O)C1(O)CCCCC1NC(=O)OC(C)(C)C. The van der Waals surface area contributed by atoms with Gasteiger partial charge < -0.3 is 19.9 Å². The van der Waals surface area contributed by atoms with E-state index in [1.807, 2.05) is 0 Å². The minimum Gasteiger partial charge on any atom is -0.464 e. The number of aliphatic hydroxyl groups is 1. The smallest absolute Gasteiger partial charge is 0.407 e. The first kappa shape index (κ1) is 16.8. The van der Waals surface area contributed by atoms with Crippen LogP contribution in [0.3, 0.4) is 0 Å². The average Bonchev–Trinajstić information content (AvgIpc) is 2.30. The number of nitrogens with one attached hydrogen (secondary N) is 1. The Balaban J connectivity index is 2.74. The fraction of sp³-hybridized carbons (Fsp3) is 0.857. The molecule has 0 spiro atoms. The van der Waals surface area contributed by atoms with Crippen LogP contribution in [-0.4, -0.2) is 41.0 Å². The first-order chi connectivity index (χ1) is 9.19. The van der Waals surface area contributed by atoms with Gasteiger partial charge in [-0.15, -0.1) is 0 Å². The Morgan fingerprint density at radius 1 is 1.35 bits per heavy atom. The molecule has 6 nitrogen and oxygen atoms in total. The molecule has 1 aliphatic rings. The Labute approximate surface area is 119 Å². The van der Waals surface area contributed by atoms with Crippen molar-refractivity contribution in [2.45, 2.75) is 70.6 Å². The van der Waals surface area contributed by atoms with Gasteiger partial charge in [-0.1, -0.05) is 6.42 Å². The van der Waals surface area contributed by atoms with Gasteiger partial charge >= 0.3 is 12.1 Å². The number of hydrogen-bond acceptors (Lipinski definition) is 5. The van der Waals surface area contributed by atoms with E-state index in [2.05, 4.69) is 5.32 Å². The third-order valence-corrected chi connectivity index (χ3v) is 3.20. The number of alkyl carbamates (subject to hydrolysis) is 1. The molecule has 2 atom stereocenters. The summed E-state index contributed by atoms with van der Waals surface area (Å²) in [7, 11) is 0. The van der Waals surface area contributed by atoms with E-state index in [9.17, 15) is 14.7 Å². The maximum absolute atomic E-state index is 11.9. The largest absolute Gasteiger partial charge is 0.464 e. The van der Waals surface area contributed by atoms with Gasteiger partial charge in [-0.3, -0.25) is 0 Å². The first-order valence-electron chi connectivity index (χ1n) is 7.08. The van der Waals surface area contributed by atoms with Gasteiger partial charge in [0.25, 0.3) is 0 Å². The maximum atomic E-state index is 11.9. The monoisotopic (exact) mass is 287 g/mol. The van der Waals surface area contributed by atoms with Crippen molar-refractivity contribution in [1.29, 1.82) is 0 Å². The number of ether oxygens (including phenoxy) is 2. The fourth-order valence-electron chi connectivity index (χ4n) is 2.30. The Morgan fingerprint density at radius 3 is 2.55 bits per heavy atom. The summed E-state index contributed by atoms with van der Waals surface area (Å²) in [5, 5.41) is 13.1. The maximum Gasteiger partial charge on any atom is 0.407 e. The molecule has 0 saturated heterocycles. The first-order valence-corrected chi connectivity index (χ1v) is 7.08. The van der Waals surface area contributed by atoms with Gasteiger partial charge in [0.15, 0.2) is 5.60 Å². The second-order valence-electron chi connectivity index (χ2n) is 6.09. The number of rotatable bonds is 3. The van der Waals surface area contributed by atoms with Crippen LogP contribution in [0.25, 0.3) is 0 Å². The van der Waals surface area contributed by atoms with Crippen LogP contribution in [0.5, 0.6) is 0 Å². The lowest BCUT2D eigenvalue weighted by Gasteiger charge is -2.38. The molecule has 1 saturated carbocycles. The van der Waals surface area contributed by atoms with Crippen LogP contribution < -0.4 is 5.32 Å². The van der Waals surface area contributed by atoms with Crippen molar-refractivity contribution >= 4 is 12.1 Å². The molecular weight excluding hydrogens is 262 g/mol. The molecule has 0 bridgehead atoms. The topological polar surface area (TPSA) is 84.9 Å². The van der Waals surface area contributed by atoms with Crippen LogP contribution >= 0.6 is 0 Å². The molecule has 1 amide bonds. The molecule has 0 heterocycles. The molecule has 0 radical (unpaired) electrons. The predicted molar refractivity (Wildman–Crippen MR) is 73.2 cm³/mol. The van der Waals surface area contributed by atoms with Gasteiger partial charge in [0.05, 0.1) is 12.6 Å². The van der Waals surface area contributed by atoms with Gasteiger partial charge in [-0.2, -0.15) is 0 Å². The van der Waals surface area contributed by atoms with E-state index < -0.39 is 29.3 Å². The summed E-state index contributed by atoms with van der Waals surface area (Å²) >= 11 is 0. The highest BCUT2D eigenvalue weighted by molar-refractivity contribution is 5.81. The molecule has 6 heteroatoms. The number of carbonyl (C=O) groups excluding carboxylic acids is 2. The fourth-order valence-corrected chi connectivity index (χ4v) is 2.30. The van der Waals surface area contributed by atoms with Crippen LogP contribution in [-0.2, 0) is 14.3 Å². The lowest BCUT2D eigenvalue weighted by molar-refractivity contribution is -0.171. The summed E-state index contributed by atoms with van der Waals surface area (Å²) in [5.74, 6) is -0.680. The summed E-state index contributed by atoms with van der Waals surface area (Å²) in [4.78, 5) is 23.7. The summed E-state index contributed by atoms with van der Waals surface area (Å²) in [6, 6.07) is -0.676. The zero-order valence-electron chi connectivity index (χ0n) is 12.7. The van der Waals surface area contributed by atoms with E-state index in [-0.39, 0.29) is 13.0 Å². The molecular formula is C14H25NO5. The average molecular weight is 287 g/mol. The molecule has 0 aromatic heterocycles. The van der Waals surface area contributed by atoms with Crippen LogP contribution in [0.4, 0.5) is 4.79 Å². The van der Waals surface area contributed by atoms with E-state index in [0.29, 0.717) is 6.42 Å². The van der Waals surface area contributed by atoms with E-state index in [0.717, 1.165) is 12.8 Å². The Hall–Kier alpha value is -1.30. The standard InChI is InChI=1S/C14H25NO5/c1-5-19-11(16)14(18)9-7-6-8-10(14)15-12(17)20-13(2,3)4/h10,18H,5-9H2,1-4H3,(H,15,17). The molecule has 1 aliphatic carbocycles. The van der Waals surface area contributed by atoms with Crippen molar-refractivity contribution in [3.63, 3.8) is 0 Å². The Kier molecular flexibility index (Phi) is 5.39. The second kappa shape index (κ2) is 6.43. The van der Waals surface area contributed by atoms with Crippen molar-refractivity contribution in [3.8, 4) is 0 Å². The van der Waals surface area contributed by atoms with Gasteiger partial charge in [-0.05, 0) is 47.0 Å². The van der Waals surface area contributed by atoms with Crippen molar-refractivity contribution in [2.24, 2.45) is 0 Å². The van der Waals surface area contributed by atoms with Crippen molar-refractivity contribution in [3.05, 3.63) is 0 Å². The van der Waals surface area contributed by atoms with E-state index >= 15 is 0 Å². The van der Waals surface area contributed by atoms with E-state index in [1.54, 1.807) is 27.7 Å². The summed E-state index contributed by atoms with van der Waals surface area (Å²) in [6.45, 7) is 7.14. The van der Waals surface area contributed by atoms with Gasteiger partial charge in [-0.25, -0.2) is 9.59 Å². The molecule has 0 aromatic rings. The molecule has 0 aliphatic heterocycles. The van der Waals surface area contributed by atoms with Crippen molar-refractivity contribution in [2.75, 3.05) is 6.61 Å². The molecule has 2 unspecified atom stereocenters. The number of amides is 1. The highest BCUT2D eigenvalue weighted by Gasteiger charge is 2.47. The zero-order valence-corrected chi connectivity index (χ0v) is 12.7. The normalized spacial score (nSPS) is 26.8. The Morgan fingerprint density at radius 2 is 2.00 bits per heavy atom. The van der Waals surface area contributed by atoms with Crippen LogP contribution in [0.1, 0.15) is 53.4 Å². The van der Waals surface area contributed by atoms with E-state index in [4.69, 9.17) is 9.47 Å². The summed E-state index contributed by atoms with van der Waals surface area (Å²) < 4.78 is 10.1. The minimum atomic E-state index is -1.66. The van der Waals surface area contributed by atoms with Gasteiger partial charge in [0.2, 0.25) is 0 Å². The van der Waals surface area contributed by atoms with Crippen molar-refractivity contribution in [1.82, 2.24) is 5.32 Å². The van der Waals surface area contributed by atoms with Crippen molar-refractivity contribution < 1.29 is 24.2 Å². The quantitative estimate of drug-likeness (QED) is 0.772. The minimum absolute atomic E-state index is 0.195. The highest BCUT2D eigenvalue weighted by atomic mass is 16.6. The highest BCUT2D eigenvalue weighted by Crippen LogP contribution is 2.30. The van der Waals surface area contributed by atoms with Gasteiger partial charge in [0, 0.05) is 0 Å². The number of esters is 1. The summed E-state index contributed by atoms with van der Waals surface area (Å²) in [5.41, 5.74) is -2.29. The molecule has 20 heavy (non-hydrogen) atoms.